The minimum atomic E-state index is -0.295. The first kappa shape index (κ1) is 15.4. The van der Waals surface area contributed by atoms with Crippen molar-refractivity contribution in [3.63, 3.8) is 0 Å². The monoisotopic (exact) mass is 328 g/mol. The number of nitrogens with zero attached hydrogens (tertiary/aromatic N) is 3. The molecular weight excluding hydrogens is 312 g/mol. The maximum atomic E-state index is 12.2. The number of hydrogen-bond acceptors (Lipinski definition) is 5. The molecule has 23 heavy (non-hydrogen) atoms. The van der Waals surface area contributed by atoms with Crippen molar-refractivity contribution in [2.24, 2.45) is 0 Å². The van der Waals surface area contributed by atoms with Gasteiger partial charge in [0.25, 0.3) is 0 Å². The summed E-state index contributed by atoms with van der Waals surface area (Å²) >= 11 is 1.36. The quantitative estimate of drug-likeness (QED) is 0.704. The Morgan fingerprint density at radius 1 is 1.30 bits per heavy atom. The van der Waals surface area contributed by atoms with Gasteiger partial charge in [-0.3, -0.25) is 9.36 Å². The van der Waals surface area contributed by atoms with Crippen molar-refractivity contribution in [2.75, 3.05) is 0 Å². The molecule has 0 spiro atoms. The van der Waals surface area contributed by atoms with E-state index in [1.54, 1.807) is 18.7 Å². The van der Waals surface area contributed by atoms with Gasteiger partial charge in [0.1, 0.15) is 12.1 Å². The lowest BCUT2D eigenvalue weighted by molar-refractivity contribution is -0.120. The fourth-order valence-corrected chi connectivity index (χ4v) is 2.88. The van der Waals surface area contributed by atoms with Crippen LogP contribution in [0, 0.1) is 0 Å². The summed E-state index contributed by atoms with van der Waals surface area (Å²) in [4.78, 5) is 12.2. The molecule has 0 saturated carbocycles. The van der Waals surface area contributed by atoms with E-state index < -0.39 is 0 Å². The second kappa shape index (κ2) is 7.15. The normalized spacial score (nSPS) is 12.0. The van der Waals surface area contributed by atoms with Crippen molar-refractivity contribution in [3.05, 3.63) is 60.8 Å². The average Bonchev–Trinajstić information content (AvgIpc) is 3.25. The number of carbonyl (C=O) groups excluding carboxylic acids is 1. The first-order valence-electron chi connectivity index (χ1n) is 7.16. The minimum absolute atomic E-state index is 0.0750. The molecule has 1 amide bonds. The topological polar surface area (TPSA) is 73.0 Å². The Balaban J connectivity index is 1.63. The number of hydrogen-bond donors (Lipinski definition) is 1. The average molecular weight is 328 g/mol. The Bertz CT molecular complexity index is 756. The summed E-state index contributed by atoms with van der Waals surface area (Å²) in [6.07, 6.45) is 3.23. The predicted octanol–water partition coefficient (Wildman–Crippen LogP) is 2.66. The van der Waals surface area contributed by atoms with Gasteiger partial charge in [-0.25, -0.2) is 0 Å². The van der Waals surface area contributed by atoms with E-state index in [-0.39, 0.29) is 11.2 Å². The van der Waals surface area contributed by atoms with Crippen LogP contribution in [0.15, 0.2) is 64.6 Å². The smallest absolute Gasteiger partial charge is 0.233 e. The number of carbonyl (C=O) groups is 1. The molecule has 3 aromatic rings. The van der Waals surface area contributed by atoms with Gasteiger partial charge < -0.3 is 9.73 Å². The SMILES string of the molecule is C[C@H](Sc1nncn1-c1ccccc1)C(=O)NCc1ccco1. The van der Waals surface area contributed by atoms with E-state index in [0.29, 0.717) is 11.7 Å². The standard InChI is InChI=1S/C16H16N4O2S/c1-12(15(21)17-10-14-8-5-9-22-14)23-16-19-18-11-20(16)13-6-3-2-4-7-13/h2-9,11-12H,10H2,1H3,(H,17,21)/t12-/m0/s1. The van der Waals surface area contributed by atoms with Crippen LogP contribution < -0.4 is 5.32 Å². The molecule has 7 heteroatoms. The molecule has 0 aliphatic heterocycles. The fourth-order valence-electron chi connectivity index (χ4n) is 2.01. The number of benzene rings is 1. The van der Waals surface area contributed by atoms with E-state index in [0.717, 1.165) is 11.4 Å². The fraction of sp³-hybridized carbons (Fsp3) is 0.188. The molecule has 1 atom stereocenters. The Hall–Kier alpha value is -2.54. The van der Waals surface area contributed by atoms with E-state index in [9.17, 15) is 4.79 Å². The molecule has 0 unspecified atom stereocenters. The summed E-state index contributed by atoms with van der Waals surface area (Å²) in [5, 5.41) is 11.3. The van der Waals surface area contributed by atoms with Crippen molar-refractivity contribution in [3.8, 4) is 5.69 Å². The molecule has 0 aliphatic rings. The second-order valence-electron chi connectivity index (χ2n) is 4.88. The van der Waals surface area contributed by atoms with Crippen LogP contribution in [0.1, 0.15) is 12.7 Å². The van der Waals surface area contributed by atoms with Crippen LogP contribution in [0.2, 0.25) is 0 Å². The molecule has 0 bridgehead atoms. The summed E-state index contributed by atoms with van der Waals surface area (Å²) in [5.41, 5.74) is 0.961. The van der Waals surface area contributed by atoms with Crippen molar-refractivity contribution >= 4 is 17.7 Å². The molecule has 2 aromatic heterocycles. The molecule has 1 N–H and O–H groups in total. The summed E-state index contributed by atoms with van der Waals surface area (Å²) in [6.45, 7) is 2.22. The number of furan rings is 1. The van der Waals surface area contributed by atoms with Crippen molar-refractivity contribution < 1.29 is 9.21 Å². The zero-order chi connectivity index (χ0) is 16.1. The number of thioether (sulfide) groups is 1. The number of aromatic nitrogens is 3. The summed E-state index contributed by atoms with van der Waals surface area (Å²) in [7, 11) is 0. The number of amides is 1. The van der Waals surface area contributed by atoms with E-state index in [2.05, 4.69) is 15.5 Å². The van der Waals surface area contributed by atoms with Crippen LogP contribution >= 0.6 is 11.8 Å². The third-order valence-corrected chi connectivity index (χ3v) is 4.28. The van der Waals surface area contributed by atoms with E-state index in [1.807, 2.05) is 47.9 Å². The van der Waals surface area contributed by atoms with Crippen LogP contribution in [0.3, 0.4) is 0 Å². The maximum absolute atomic E-state index is 12.2. The Labute approximate surface area is 137 Å². The Kier molecular flexibility index (Phi) is 4.77. The zero-order valence-electron chi connectivity index (χ0n) is 12.5. The van der Waals surface area contributed by atoms with E-state index in [1.165, 1.54) is 11.8 Å². The minimum Gasteiger partial charge on any atom is -0.467 e. The maximum Gasteiger partial charge on any atom is 0.233 e. The third kappa shape index (κ3) is 3.81. The molecule has 0 aliphatic carbocycles. The zero-order valence-corrected chi connectivity index (χ0v) is 13.4. The van der Waals surface area contributed by atoms with Crippen LogP contribution in [0.25, 0.3) is 5.69 Å². The first-order valence-corrected chi connectivity index (χ1v) is 8.04. The van der Waals surface area contributed by atoms with Crippen molar-refractivity contribution in [1.29, 1.82) is 0 Å². The molecule has 1 aromatic carbocycles. The Morgan fingerprint density at radius 3 is 2.87 bits per heavy atom. The van der Waals surface area contributed by atoms with Crippen LogP contribution in [-0.4, -0.2) is 25.9 Å². The van der Waals surface area contributed by atoms with Gasteiger partial charge in [-0.15, -0.1) is 10.2 Å². The van der Waals surface area contributed by atoms with E-state index >= 15 is 0 Å². The van der Waals surface area contributed by atoms with Gasteiger partial charge in [-0.05, 0) is 31.2 Å². The van der Waals surface area contributed by atoms with Gasteiger partial charge in [0.2, 0.25) is 5.91 Å². The molecular formula is C16H16N4O2S. The number of rotatable bonds is 6. The summed E-state index contributed by atoms with van der Waals surface area (Å²) in [6, 6.07) is 13.4. The first-order chi connectivity index (χ1) is 11.2. The largest absolute Gasteiger partial charge is 0.467 e. The summed E-state index contributed by atoms with van der Waals surface area (Å²) in [5.74, 6) is 0.650. The summed E-state index contributed by atoms with van der Waals surface area (Å²) < 4.78 is 7.06. The van der Waals surface area contributed by atoms with Gasteiger partial charge in [0, 0.05) is 5.69 Å². The molecule has 0 fully saturated rings. The molecule has 3 rings (SSSR count). The van der Waals surface area contributed by atoms with Crippen LogP contribution in [-0.2, 0) is 11.3 Å². The molecule has 0 saturated heterocycles. The molecule has 6 nitrogen and oxygen atoms in total. The van der Waals surface area contributed by atoms with Gasteiger partial charge in [0.05, 0.1) is 18.1 Å². The number of para-hydroxylation sites is 1. The highest BCUT2D eigenvalue weighted by atomic mass is 32.2. The van der Waals surface area contributed by atoms with Crippen LogP contribution in [0.5, 0.6) is 0 Å². The third-order valence-electron chi connectivity index (χ3n) is 3.22. The highest BCUT2D eigenvalue weighted by molar-refractivity contribution is 8.00. The van der Waals surface area contributed by atoms with Gasteiger partial charge in [0.15, 0.2) is 5.16 Å². The van der Waals surface area contributed by atoms with Crippen molar-refractivity contribution in [2.45, 2.75) is 23.9 Å². The molecule has 0 radical (unpaired) electrons. The number of nitrogens with one attached hydrogen (secondary N) is 1. The molecule has 118 valence electrons. The second-order valence-corrected chi connectivity index (χ2v) is 6.18. The Morgan fingerprint density at radius 2 is 2.13 bits per heavy atom. The lowest BCUT2D eigenvalue weighted by atomic mass is 10.3. The predicted molar refractivity (Wildman–Crippen MR) is 87.2 cm³/mol. The molecule has 2 heterocycles. The van der Waals surface area contributed by atoms with Gasteiger partial charge in [-0.1, -0.05) is 30.0 Å². The van der Waals surface area contributed by atoms with Crippen LogP contribution in [0.4, 0.5) is 0 Å². The van der Waals surface area contributed by atoms with Gasteiger partial charge in [-0.2, -0.15) is 0 Å². The van der Waals surface area contributed by atoms with Crippen molar-refractivity contribution in [1.82, 2.24) is 20.1 Å². The highest BCUT2D eigenvalue weighted by Crippen LogP contribution is 2.23. The van der Waals surface area contributed by atoms with E-state index in [4.69, 9.17) is 4.42 Å². The lowest BCUT2D eigenvalue weighted by Crippen LogP contribution is -2.30. The lowest BCUT2D eigenvalue weighted by Gasteiger charge is -2.11. The highest BCUT2D eigenvalue weighted by Gasteiger charge is 2.18. The van der Waals surface area contributed by atoms with Gasteiger partial charge >= 0.3 is 0 Å².